The molecule has 0 fully saturated rings. The van der Waals surface area contributed by atoms with Crippen molar-refractivity contribution in [2.75, 3.05) is 13.2 Å². The molecule has 6 nitrogen and oxygen atoms in total. The Bertz CT molecular complexity index is 1550. The molecule has 0 aliphatic heterocycles. The van der Waals surface area contributed by atoms with Crippen molar-refractivity contribution in [2.45, 2.75) is 367 Å². The Hall–Kier alpha value is -3.41. The van der Waals surface area contributed by atoms with E-state index in [1.54, 1.807) is 0 Å². The molecule has 0 saturated carbocycles. The van der Waals surface area contributed by atoms with Crippen molar-refractivity contribution in [3.05, 3.63) is 85.1 Å². The average Bonchev–Trinajstić information content (AvgIpc) is 3.47. The van der Waals surface area contributed by atoms with E-state index in [1.165, 1.54) is 212 Å². The Kier molecular flexibility index (Phi) is 67.2. The maximum atomic E-state index is 12.9. The van der Waals surface area contributed by atoms with E-state index in [1.807, 2.05) is 0 Å². The van der Waals surface area contributed by atoms with Gasteiger partial charge in [-0.15, -0.1) is 0 Å². The molecule has 0 aliphatic carbocycles. The minimum Gasteiger partial charge on any atom is -0.462 e. The first-order chi connectivity index (χ1) is 40.5. The van der Waals surface area contributed by atoms with Gasteiger partial charge in [0.15, 0.2) is 6.10 Å². The summed E-state index contributed by atoms with van der Waals surface area (Å²) in [5, 5.41) is 0. The van der Waals surface area contributed by atoms with E-state index >= 15 is 0 Å². The fraction of sp³-hybridized carbons (Fsp3) is 0.776. The van der Waals surface area contributed by atoms with E-state index in [0.717, 1.165) is 109 Å². The van der Waals surface area contributed by atoms with Crippen LogP contribution in [-0.4, -0.2) is 37.2 Å². The third kappa shape index (κ3) is 67.4. The topological polar surface area (TPSA) is 78.9 Å². The second kappa shape index (κ2) is 70.1. The Morgan fingerprint density at radius 1 is 0.256 bits per heavy atom. The maximum Gasteiger partial charge on any atom is 0.306 e. The first kappa shape index (κ1) is 78.6. The monoisotopic (exact) mass is 1140 g/mol. The lowest BCUT2D eigenvalue weighted by atomic mass is 10.0. The Labute approximate surface area is 509 Å². The van der Waals surface area contributed by atoms with Crippen LogP contribution in [-0.2, 0) is 28.6 Å². The van der Waals surface area contributed by atoms with Gasteiger partial charge >= 0.3 is 17.9 Å². The first-order valence-corrected chi connectivity index (χ1v) is 35.6. The fourth-order valence-corrected chi connectivity index (χ4v) is 10.4. The molecule has 0 heterocycles. The molecule has 82 heavy (non-hydrogen) atoms. The molecule has 0 aromatic rings. The highest BCUT2D eigenvalue weighted by Crippen LogP contribution is 2.18. The van der Waals surface area contributed by atoms with E-state index in [9.17, 15) is 14.4 Å². The summed E-state index contributed by atoms with van der Waals surface area (Å²) in [5.41, 5.74) is 0. The van der Waals surface area contributed by atoms with Crippen molar-refractivity contribution < 1.29 is 28.6 Å². The molecule has 6 heteroatoms. The quantitative estimate of drug-likeness (QED) is 0.0261. The van der Waals surface area contributed by atoms with Gasteiger partial charge in [-0.3, -0.25) is 14.4 Å². The van der Waals surface area contributed by atoms with Crippen molar-refractivity contribution in [3.8, 4) is 0 Å². The molecule has 0 radical (unpaired) electrons. The number of carbonyl (C=O) groups excluding carboxylic acids is 3. The van der Waals surface area contributed by atoms with Gasteiger partial charge in [-0.1, -0.05) is 350 Å². The number of allylic oxidation sites excluding steroid dienone is 14. The molecular formula is C76H134O6. The smallest absolute Gasteiger partial charge is 0.306 e. The molecule has 0 aliphatic rings. The van der Waals surface area contributed by atoms with Gasteiger partial charge in [0.2, 0.25) is 0 Å². The third-order valence-electron chi connectivity index (χ3n) is 15.7. The maximum absolute atomic E-state index is 12.9. The van der Waals surface area contributed by atoms with Crippen LogP contribution in [0.25, 0.3) is 0 Å². The molecule has 1 atom stereocenters. The van der Waals surface area contributed by atoms with Gasteiger partial charge < -0.3 is 14.2 Å². The van der Waals surface area contributed by atoms with Gasteiger partial charge in [-0.25, -0.2) is 0 Å². The lowest BCUT2D eigenvalue weighted by molar-refractivity contribution is -0.167. The third-order valence-corrected chi connectivity index (χ3v) is 15.7. The molecule has 0 N–H and O–H groups in total. The Morgan fingerprint density at radius 3 is 0.744 bits per heavy atom. The predicted molar refractivity (Wildman–Crippen MR) is 358 cm³/mol. The van der Waals surface area contributed by atoms with E-state index in [2.05, 4.69) is 106 Å². The Balaban J connectivity index is 4.32. The molecule has 0 aromatic carbocycles. The van der Waals surface area contributed by atoms with Gasteiger partial charge in [-0.05, 0) is 77.0 Å². The minimum atomic E-state index is -0.794. The lowest BCUT2D eigenvalue weighted by Gasteiger charge is -2.18. The average molecular weight is 1140 g/mol. The van der Waals surface area contributed by atoms with E-state index in [0.29, 0.717) is 19.3 Å². The minimum absolute atomic E-state index is 0.0857. The first-order valence-electron chi connectivity index (χ1n) is 35.6. The van der Waals surface area contributed by atoms with Gasteiger partial charge in [0.05, 0.1) is 0 Å². The van der Waals surface area contributed by atoms with Gasteiger partial charge in [-0.2, -0.15) is 0 Å². The number of esters is 3. The van der Waals surface area contributed by atoms with Crippen molar-refractivity contribution >= 4 is 17.9 Å². The summed E-state index contributed by atoms with van der Waals surface area (Å²) in [6.45, 7) is 6.55. The van der Waals surface area contributed by atoms with Crippen molar-refractivity contribution in [1.82, 2.24) is 0 Å². The summed E-state index contributed by atoms with van der Waals surface area (Å²) < 4.78 is 17.0. The van der Waals surface area contributed by atoms with Crippen LogP contribution in [0.1, 0.15) is 361 Å². The zero-order valence-corrected chi connectivity index (χ0v) is 54.5. The second-order valence-electron chi connectivity index (χ2n) is 23.8. The van der Waals surface area contributed by atoms with Crippen LogP contribution in [0, 0.1) is 0 Å². The number of hydrogen-bond donors (Lipinski definition) is 0. The van der Waals surface area contributed by atoms with Gasteiger partial charge in [0.25, 0.3) is 0 Å². The molecule has 0 rings (SSSR count). The summed E-state index contributed by atoms with van der Waals surface area (Å²) >= 11 is 0. The van der Waals surface area contributed by atoms with Crippen molar-refractivity contribution in [2.24, 2.45) is 0 Å². The summed E-state index contributed by atoms with van der Waals surface area (Å²) in [4.78, 5) is 38.4. The molecule has 1 unspecified atom stereocenters. The van der Waals surface area contributed by atoms with E-state index < -0.39 is 6.10 Å². The summed E-state index contributed by atoms with van der Waals surface area (Å²) in [6, 6.07) is 0. The number of hydrogen-bond acceptors (Lipinski definition) is 6. The molecule has 0 saturated heterocycles. The number of unbranched alkanes of at least 4 members (excludes halogenated alkanes) is 40. The van der Waals surface area contributed by atoms with Crippen LogP contribution in [0.3, 0.4) is 0 Å². The summed E-state index contributed by atoms with van der Waals surface area (Å²) in [6.07, 6.45) is 93.3. The van der Waals surface area contributed by atoms with Crippen LogP contribution < -0.4 is 0 Å². The Morgan fingerprint density at radius 2 is 0.476 bits per heavy atom. The standard InChI is InChI=1S/C76H134O6/c1-4-7-10-13-16-19-22-25-27-29-31-33-35-37-39-40-42-44-46-48-51-54-57-60-63-66-69-75(78)81-72-73(71-80-74(77)68-65-62-59-56-53-50-24-21-18-15-12-9-6-3)82-76(79)70-67-64-61-58-55-52-49-47-45-43-41-38-36-34-32-30-28-26-23-20-17-14-11-8-5-2/h8,11,17,20,26,28,32,34,38,41,45,47,52,55,73H,4-7,9-10,12-16,18-19,21-25,27,29-31,33,35-37,39-40,42-44,46,48-51,53-54,56-72H2,1-3H3/b11-8-,20-17-,28-26-,34-32-,41-38-,47-45-,55-52-. The fourth-order valence-electron chi connectivity index (χ4n) is 10.4. The molecule has 0 aromatic heterocycles. The van der Waals surface area contributed by atoms with E-state index in [4.69, 9.17) is 14.2 Å². The van der Waals surface area contributed by atoms with Crippen molar-refractivity contribution in [3.63, 3.8) is 0 Å². The zero-order valence-electron chi connectivity index (χ0n) is 54.5. The highest BCUT2D eigenvalue weighted by atomic mass is 16.6. The van der Waals surface area contributed by atoms with Crippen molar-refractivity contribution in [1.29, 1.82) is 0 Å². The highest BCUT2D eigenvalue weighted by Gasteiger charge is 2.19. The van der Waals surface area contributed by atoms with Crippen LogP contribution in [0.5, 0.6) is 0 Å². The van der Waals surface area contributed by atoms with Crippen LogP contribution >= 0.6 is 0 Å². The number of carbonyl (C=O) groups is 3. The zero-order chi connectivity index (χ0) is 59.2. The van der Waals surface area contributed by atoms with E-state index in [-0.39, 0.29) is 31.1 Å². The number of ether oxygens (including phenoxy) is 3. The predicted octanol–water partition coefficient (Wildman–Crippen LogP) is 24.6. The molecule has 0 bridgehead atoms. The molecule has 474 valence electrons. The van der Waals surface area contributed by atoms with Crippen LogP contribution in [0.4, 0.5) is 0 Å². The van der Waals surface area contributed by atoms with Gasteiger partial charge in [0, 0.05) is 19.3 Å². The second-order valence-corrected chi connectivity index (χ2v) is 23.8. The summed E-state index contributed by atoms with van der Waals surface area (Å²) in [5.74, 6) is -0.898. The van der Waals surface area contributed by atoms with Gasteiger partial charge in [0.1, 0.15) is 13.2 Å². The SMILES string of the molecule is CC/C=C\C/C=C\C/C=C\C/C=C\C/C=C\C/C=C\C/C=C\CCCCCC(=O)OC(COC(=O)CCCCCCCCCCCCCCC)COC(=O)CCCCCCCCCCCCCCCCCCCCCCCCCCCC. The molecule has 0 spiro atoms. The number of rotatable bonds is 65. The van der Waals surface area contributed by atoms with Crippen LogP contribution in [0.2, 0.25) is 0 Å². The van der Waals surface area contributed by atoms with Crippen LogP contribution in [0.15, 0.2) is 85.1 Å². The summed E-state index contributed by atoms with van der Waals surface area (Å²) in [7, 11) is 0. The lowest BCUT2D eigenvalue weighted by Crippen LogP contribution is -2.30. The highest BCUT2D eigenvalue weighted by molar-refractivity contribution is 5.71. The normalized spacial score (nSPS) is 12.6. The largest absolute Gasteiger partial charge is 0.462 e. The molecular weight excluding hydrogens is 1010 g/mol. The molecule has 0 amide bonds.